The molecule has 4 nitrogen and oxygen atoms in total. The van der Waals surface area contributed by atoms with E-state index in [0.717, 1.165) is 18.5 Å². The Balaban J connectivity index is 1.75. The van der Waals surface area contributed by atoms with E-state index in [-0.39, 0.29) is 11.9 Å². The van der Waals surface area contributed by atoms with Crippen LogP contribution in [0.25, 0.3) is 0 Å². The number of hydrogen-bond acceptors (Lipinski definition) is 3. The normalized spacial score (nSPS) is 22.5. The molecule has 0 radical (unpaired) electrons. The fourth-order valence-corrected chi connectivity index (χ4v) is 2.42. The van der Waals surface area contributed by atoms with E-state index in [1.165, 1.54) is 5.56 Å². The summed E-state index contributed by atoms with van der Waals surface area (Å²) in [6.07, 6.45) is 4.69. The van der Waals surface area contributed by atoms with Gasteiger partial charge in [0.2, 0.25) is 0 Å². The number of benzene rings is 1. The molecule has 18 heavy (non-hydrogen) atoms. The Hall–Kier alpha value is -1.81. The van der Waals surface area contributed by atoms with E-state index in [1.807, 2.05) is 17.4 Å². The molecule has 3 rings (SSSR count). The number of aryl methyl sites for hydroxylation is 1. The Labute approximate surface area is 107 Å². The summed E-state index contributed by atoms with van der Waals surface area (Å²) in [5.41, 5.74) is 5.59. The molecular weight excluding hydrogens is 226 g/mol. The molecule has 1 saturated heterocycles. The zero-order valence-corrected chi connectivity index (χ0v) is 10.5. The minimum atomic E-state index is -0.0274. The molecule has 1 fully saturated rings. The van der Waals surface area contributed by atoms with Gasteiger partial charge < -0.3 is 9.91 Å². The maximum atomic E-state index is 12.3. The predicted molar refractivity (Wildman–Crippen MR) is 69.1 cm³/mol. The molecule has 1 amide bonds. The molecule has 2 aliphatic rings. The molecule has 1 aromatic rings. The quantitative estimate of drug-likeness (QED) is 0.852. The van der Waals surface area contributed by atoms with E-state index in [9.17, 15) is 4.79 Å². The molecule has 0 aliphatic carbocycles. The molecule has 0 bridgehead atoms. The number of amides is 1. The van der Waals surface area contributed by atoms with E-state index in [2.05, 4.69) is 36.6 Å². The lowest BCUT2D eigenvalue weighted by Crippen LogP contribution is -2.47. The second-order valence-electron chi connectivity index (χ2n) is 4.87. The third-order valence-electron chi connectivity index (χ3n) is 3.50. The Bertz CT molecular complexity index is 480. The van der Waals surface area contributed by atoms with Crippen LogP contribution in [0.15, 0.2) is 36.7 Å². The molecule has 2 heterocycles. The van der Waals surface area contributed by atoms with Gasteiger partial charge in [0.15, 0.2) is 0 Å². The van der Waals surface area contributed by atoms with Crippen molar-refractivity contribution in [2.75, 3.05) is 6.54 Å². The minimum absolute atomic E-state index is 0.0274. The smallest absolute Gasteiger partial charge is 0.251 e. The van der Waals surface area contributed by atoms with Gasteiger partial charge >= 0.3 is 0 Å². The van der Waals surface area contributed by atoms with Gasteiger partial charge in [-0.05, 0) is 18.9 Å². The van der Waals surface area contributed by atoms with Crippen molar-refractivity contribution in [2.24, 2.45) is 0 Å². The molecule has 0 saturated carbocycles. The lowest BCUT2D eigenvalue weighted by Gasteiger charge is -2.31. The van der Waals surface area contributed by atoms with E-state index < -0.39 is 0 Å². The van der Waals surface area contributed by atoms with Crippen molar-refractivity contribution >= 4 is 5.91 Å². The van der Waals surface area contributed by atoms with Crippen molar-refractivity contribution < 1.29 is 4.79 Å². The van der Waals surface area contributed by atoms with Crippen molar-refractivity contribution in [1.29, 1.82) is 0 Å². The van der Waals surface area contributed by atoms with Crippen molar-refractivity contribution in [3.63, 3.8) is 0 Å². The summed E-state index contributed by atoms with van der Waals surface area (Å²) < 4.78 is 0. The van der Waals surface area contributed by atoms with Crippen LogP contribution in [0.1, 0.15) is 17.5 Å². The van der Waals surface area contributed by atoms with Crippen LogP contribution in [0.2, 0.25) is 0 Å². The molecule has 0 spiro atoms. The second kappa shape index (κ2) is 4.46. The number of carbonyl (C=O) groups is 1. The zero-order chi connectivity index (χ0) is 12.5. The van der Waals surface area contributed by atoms with Crippen LogP contribution in [0.3, 0.4) is 0 Å². The molecule has 1 N–H and O–H groups in total. The highest BCUT2D eigenvalue weighted by Gasteiger charge is 2.34. The van der Waals surface area contributed by atoms with Gasteiger partial charge in [0.1, 0.15) is 6.04 Å². The van der Waals surface area contributed by atoms with Gasteiger partial charge in [-0.1, -0.05) is 29.8 Å². The maximum absolute atomic E-state index is 12.3. The first kappa shape index (κ1) is 11.3. The summed E-state index contributed by atoms with van der Waals surface area (Å²) >= 11 is 0. The average Bonchev–Trinajstić information content (AvgIpc) is 2.84. The number of fused-ring (bicyclic) bond motifs is 1. The summed E-state index contributed by atoms with van der Waals surface area (Å²) in [6.45, 7) is 3.59. The SMILES string of the molecule is Cc1ccc(CN2C=CN3NCCC3C2=O)cc1. The summed E-state index contributed by atoms with van der Waals surface area (Å²) in [5, 5.41) is 1.91. The molecule has 94 valence electrons. The van der Waals surface area contributed by atoms with Crippen molar-refractivity contribution in [3.8, 4) is 0 Å². The number of carbonyl (C=O) groups excluding carboxylic acids is 1. The summed E-state index contributed by atoms with van der Waals surface area (Å²) in [4.78, 5) is 14.1. The first-order valence-corrected chi connectivity index (χ1v) is 6.30. The van der Waals surface area contributed by atoms with Gasteiger partial charge in [0.05, 0.1) is 6.54 Å². The molecule has 0 aromatic heterocycles. The molecule has 1 aromatic carbocycles. The van der Waals surface area contributed by atoms with Gasteiger partial charge in [-0.25, -0.2) is 5.43 Å². The Morgan fingerprint density at radius 3 is 2.83 bits per heavy atom. The Morgan fingerprint density at radius 1 is 1.28 bits per heavy atom. The molecule has 1 atom stereocenters. The lowest BCUT2D eigenvalue weighted by molar-refractivity contribution is -0.134. The molecule has 4 heteroatoms. The highest BCUT2D eigenvalue weighted by molar-refractivity contribution is 5.84. The fourth-order valence-electron chi connectivity index (χ4n) is 2.42. The standard InChI is InChI=1S/C14H17N3O/c1-11-2-4-12(5-3-11)10-16-8-9-17-13(14(16)18)6-7-15-17/h2-5,8-9,13,15H,6-7,10H2,1H3. The van der Waals surface area contributed by atoms with E-state index in [1.54, 1.807) is 4.90 Å². The number of rotatable bonds is 2. The van der Waals surface area contributed by atoms with Gasteiger partial charge in [-0.3, -0.25) is 4.79 Å². The molecular formula is C14H17N3O. The highest BCUT2D eigenvalue weighted by atomic mass is 16.2. The van der Waals surface area contributed by atoms with Gasteiger partial charge in [-0.15, -0.1) is 0 Å². The lowest BCUT2D eigenvalue weighted by atomic mass is 10.1. The zero-order valence-electron chi connectivity index (χ0n) is 10.5. The highest BCUT2D eigenvalue weighted by Crippen LogP contribution is 2.19. The van der Waals surface area contributed by atoms with Crippen LogP contribution < -0.4 is 5.43 Å². The minimum Gasteiger partial charge on any atom is -0.311 e. The number of hydrazine groups is 1. The van der Waals surface area contributed by atoms with Crippen LogP contribution in [0, 0.1) is 6.92 Å². The van der Waals surface area contributed by atoms with Gasteiger partial charge in [0.25, 0.3) is 5.91 Å². The van der Waals surface area contributed by atoms with E-state index >= 15 is 0 Å². The maximum Gasteiger partial charge on any atom is 0.251 e. The number of hydrogen-bond donors (Lipinski definition) is 1. The molecule has 1 unspecified atom stereocenters. The second-order valence-corrected chi connectivity index (χ2v) is 4.87. The van der Waals surface area contributed by atoms with Crippen LogP contribution in [0.4, 0.5) is 0 Å². The van der Waals surface area contributed by atoms with Crippen LogP contribution in [0.5, 0.6) is 0 Å². The summed E-state index contributed by atoms with van der Waals surface area (Å²) in [7, 11) is 0. The van der Waals surface area contributed by atoms with Gasteiger partial charge in [-0.2, -0.15) is 0 Å². The van der Waals surface area contributed by atoms with Crippen molar-refractivity contribution in [3.05, 3.63) is 47.8 Å². The third-order valence-corrected chi connectivity index (χ3v) is 3.50. The summed E-state index contributed by atoms with van der Waals surface area (Å²) in [6, 6.07) is 8.29. The van der Waals surface area contributed by atoms with Crippen LogP contribution >= 0.6 is 0 Å². The molecule has 2 aliphatic heterocycles. The Kier molecular flexibility index (Phi) is 2.80. The largest absolute Gasteiger partial charge is 0.311 e. The van der Waals surface area contributed by atoms with Gasteiger partial charge in [0, 0.05) is 18.9 Å². The van der Waals surface area contributed by atoms with Crippen LogP contribution in [-0.2, 0) is 11.3 Å². The van der Waals surface area contributed by atoms with Crippen LogP contribution in [-0.4, -0.2) is 28.4 Å². The number of nitrogens with one attached hydrogen (secondary N) is 1. The van der Waals surface area contributed by atoms with E-state index in [4.69, 9.17) is 0 Å². The third kappa shape index (κ3) is 1.99. The Morgan fingerprint density at radius 2 is 2.06 bits per heavy atom. The average molecular weight is 243 g/mol. The predicted octanol–water partition coefficient (Wildman–Crippen LogP) is 1.39. The van der Waals surface area contributed by atoms with Crippen molar-refractivity contribution in [1.82, 2.24) is 15.3 Å². The topological polar surface area (TPSA) is 35.6 Å². The van der Waals surface area contributed by atoms with Crippen molar-refractivity contribution in [2.45, 2.75) is 25.9 Å². The first-order valence-electron chi connectivity index (χ1n) is 6.30. The fraction of sp³-hybridized carbons (Fsp3) is 0.357. The first-order chi connectivity index (χ1) is 8.74. The monoisotopic (exact) mass is 243 g/mol. The van der Waals surface area contributed by atoms with E-state index in [0.29, 0.717) is 6.54 Å². The number of nitrogens with zero attached hydrogens (tertiary/aromatic N) is 2. The summed E-state index contributed by atoms with van der Waals surface area (Å²) in [5.74, 6) is 0.183.